The van der Waals surface area contributed by atoms with E-state index in [-0.39, 0.29) is 4.90 Å². The maximum absolute atomic E-state index is 13.0. The standard InChI is InChI=1S/C19H21N3O4S/c1-4-18-20-19(21-26-18)14-11-10-13(3)17(12-14)27(23,24)22-15-8-6-7-9-16(15)25-5-2/h6-12,22H,4-5H2,1-3H3. The molecule has 0 radical (unpaired) electrons. The summed E-state index contributed by atoms with van der Waals surface area (Å²) in [6.07, 6.45) is 0.611. The number of aromatic nitrogens is 2. The van der Waals surface area contributed by atoms with E-state index in [1.54, 1.807) is 49.4 Å². The minimum absolute atomic E-state index is 0.147. The molecule has 7 nitrogen and oxygen atoms in total. The average Bonchev–Trinajstić information content (AvgIpc) is 3.13. The Morgan fingerprint density at radius 1 is 1.15 bits per heavy atom. The van der Waals surface area contributed by atoms with Crippen molar-refractivity contribution in [3.8, 4) is 17.1 Å². The largest absolute Gasteiger partial charge is 0.492 e. The summed E-state index contributed by atoms with van der Waals surface area (Å²) < 4.78 is 39.2. The summed E-state index contributed by atoms with van der Waals surface area (Å²) >= 11 is 0. The molecule has 0 amide bonds. The second-order valence-electron chi connectivity index (χ2n) is 5.88. The molecule has 2 aromatic carbocycles. The zero-order valence-corrected chi connectivity index (χ0v) is 16.2. The van der Waals surface area contributed by atoms with Gasteiger partial charge in [-0.05, 0) is 37.6 Å². The lowest BCUT2D eigenvalue weighted by atomic mass is 10.1. The third-order valence-corrected chi connectivity index (χ3v) is 5.45. The van der Waals surface area contributed by atoms with E-state index in [0.29, 0.717) is 47.3 Å². The van der Waals surface area contributed by atoms with Crippen LogP contribution in [0.3, 0.4) is 0 Å². The van der Waals surface area contributed by atoms with Crippen LogP contribution < -0.4 is 9.46 Å². The van der Waals surface area contributed by atoms with Crippen LogP contribution in [0.5, 0.6) is 5.75 Å². The highest BCUT2D eigenvalue weighted by atomic mass is 32.2. The van der Waals surface area contributed by atoms with Crippen molar-refractivity contribution in [3.63, 3.8) is 0 Å². The Kier molecular flexibility index (Phi) is 5.46. The van der Waals surface area contributed by atoms with Crippen molar-refractivity contribution in [1.29, 1.82) is 0 Å². The highest BCUT2D eigenvalue weighted by Gasteiger charge is 2.21. The first-order valence-corrected chi connectivity index (χ1v) is 10.1. The molecule has 0 aliphatic rings. The summed E-state index contributed by atoms with van der Waals surface area (Å²) in [5, 5.41) is 3.91. The van der Waals surface area contributed by atoms with E-state index in [1.165, 1.54) is 0 Å². The number of nitrogens with one attached hydrogen (secondary N) is 1. The van der Waals surface area contributed by atoms with Crippen molar-refractivity contribution in [2.45, 2.75) is 32.1 Å². The normalized spacial score (nSPS) is 11.4. The van der Waals surface area contributed by atoms with Crippen molar-refractivity contribution in [3.05, 3.63) is 53.9 Å². The highest BCUT2D eigenvalue weighted by Crippen LogP contribution is 2.29. The SMILES string of the molecule is CCOc1ccccc1NS(=O)(=O)c1cc(-c2noc(CC)n2)ccc1C. The topological polar surface area (TPSA) is 94.3 Å². The molecule has 0 bridgehead atoms. The zero-order chi connectivity index (χ0) is 19.4. The third kappa shape index (κ3) is 4.11. The van der Waals surface area contributed by atoms with E-state index in [9.17, 15) is 8.42 Å². The summed E-state index contributed by atoms with van der Waals surface area (Å²) in [4.78, 5) is 4.41. The van der Waals surface area contributed by atoms with Crippen LogP contribution in [0.15, 0.2) is 51.9 Å². The van der Waals surface area contributed by atoms with Crippen molar-refractivity contribution < 1.29 is 17.7 Å². The molecule has 1 N–H and O–H groups in total. The Bertz CT molecular complexity index is 1040. The smallest absolute Gasteiger partial charge is 0.262 e. The van der Waals surface area contributed by atoms with Gasteiger partial charge in [-0.2, -0.15) is 4.98 Å². The van der Waals surface area contributed by atoms with Crippen molar-refractivity contribution >= 4 is 15.7 Å². The molecule has 3 aromatic rings. The van der Waals surface area contributed by atoms with Gasteiger partial charge < -0.3 is 9.26 Å². The predicted molar refractivity (Wildman–Crippen MR) is 102 cm³/mol. The Balaban J connectivity index is 1.98. The summed E-state index contributed by atoms with van der Waals surface area (Å²) in [5.74, 6) is 1.33. The molecule has 8 heteroatoms. The quantitative estimate of drug-likeness (QED) is 0.662. The number of nitrogens with zero attached hydrogens (tertiary/aromatic N) is 2. The van der Waals surface area contributed by atoms with Crippen LogP contribution in [0.25, 0.3) is 11.4 Å². The summed E-state index contributed by atoms with van der Waals surface area (Å²) in [5.41, 5.74) is 1.57. The summed E-state index contributed by atoms with van der Waals surface area (Å²) in [7, 11) is -3.83. The highest BCUT2D eigenvalue weighted by molar-refractivity contribution is 7.92. The fourth-order valence-corrected chi connectivity index (χ4v) is 3.92. The van der Waals surface area contributed by atoms with Gasteiger partial charge in [-0.15, -0.1) is 0 Å². The first-order chi connectivity index (χ1) is 12.9. The Labute approximate surface area is 158 Å². The molecule has 0 aliphatic carbocycles. The summed E-state index contributed by atoms with van der Waals surface area (Å²) in [6, 6.07) is 12.0. The van der Waals surface area contributed by atoms with Gasteiger partial charge in [0.25, 0.3) is 10.0 Å². The van der Waals surface area contributed by atoms with Crippen LogP contribution in [0, 0.1) is 6.92 Å². The second-order valence-corrected chi connectivity index (χ2v) is 7.53. The fourth-order valence-electron chi connectivity index (χ4n) is 2.58. The first-order valence-electron chi connectivity index (χ1n) is 8.63. The Hall–Kier alpha value is -2.87. The number of ether oxygens (including phenoxy) is 1. The van der Waals surface area contributed by atoms with Gasteiger partial charge in [0, 0.05) is 12.0 Å². The van der Waals surface area contributed by atoms with Crippen molar-refractivity contribution in [1.82, 2.24) is 10.1 Å². The Morgan fingerprint density at radius 3 is 2.63 bits per heavy atom. The molecule has 0 atom stereocenters. The molecule has 27 heavy (non-hydrogen) atoms. The van der Waals surface area contributed by atoms with E-state index in [4.69, 9.17) is 9.26 Å². The molecule has 3 rings (SSSR count). The van der Waals surface area contributed by atoms with Gasteiger partial charge in [0.1, 0.15) is 5.75 Å². The number of benzene rings is 2. The van der Waals surface area contributed by atoms with E-state index >= 15 is 0 Å². The van der Waals surface area contributed by atoms with Crippen LogP contribution in [0.1, 0.15) is 25.3 Å². The molecule has 1 aromatic heterocycles. The van der Waals surface area contributed by atoms with Gasteiger partial charge in [0.2, 0.25) is 11.7 Å². The second kappa shape index (κ2) is 7.79. The molecule has 0 saturated heterocycles. The van der Waals surface area contributed by atoms with E-state index in [0.717, 1.165) is 0 Å². The number of rotatable bonds is 7. The Morgan fingerprint density at radius 2 is 1.93 bits per heavy atom. The molecule has 0 aliphatic heterocycles. The van der Waals surface area contributed by atoms with Gasteiger partial charge in [0.05, 0.1) is 17.2 Å². The van der Waals surface area contributed by atoms with Crippen LogP contribution in [0.4, 0.5) is 5.69 Å². The molecule has 0 saturated carbocycles. The van der Waals surface area contributed by atoms with Crippen LogP contribution >= 0.6 is 0 Å². The lowest BCUT2D eigenvalue weighted by Gasteiger charge is -2.14. The summed E-state index contributed by atoms with van der Waals surface area (Å²) in [6.45, 7) is 5.92. The minimum atomic E-state index is -3.83. The lowest BCUT2D eigenvalue weighted by Crippen LogP contribution is -2.15. The minimum Gasteiger partial charge on any atom is -0.492 e. The van der Waals surface area contributed by atoms with E-state index in [2.05, 4.69) is 14.9 Å². The number of anilines is 1. The molecular formula is C19H21N3O4S. The maximum Gasteiger partial charge on any atom is 0.262 e. The van der Waals surface area contributed by atoms with Crippen molar-refractivity contribution in [2.75, 3.05) is 11.3 Å². The average molecular weight is 387 g/mol. The molecule has 0 spiro atoms. The van der Waals surface area contributed by atoms with Crippen molar-refractivity contribution in [2.24, 2.45) is 0 Å². The number of para-hydroxylation sites is 2. The maximum atomic E-state index is 13.0. The van der Waals surface area contributed by atoms with E-state index < -0.39 is 10.0 Å². The third-order valence-electron chi connectivity index (χ3n) is 3.94. The number of aryl methyl sites for hydroxylation is 2. The molecule has 1 heterocycles. The van der Waals surface area contributed by atoms with Crippen LogP contribution in [0.2, 0.25) is 0 Å². The number of hydrogen-bond donors (Lipinski definition) is 1. The van der Waals surface area contributed by atoms with Gasteiger partial charge in [-0.1, -0.05) is 36.3 Å². The predicted octanol–water partition coefficient (Wildman–Crippen LogP) is 3.81. The van der Waals surface area contributed by atoms with Crippen LogP contribution in [-0.4, -0.2) is 25.2 Å². The van der Waals surface area contributed by atoms with Crippen LogP contribution in [-0.2, 0) is 16.4 Å². The number of sulfonamides is 1. The van der Waals surface area contributed by atoms with Gasteiger partial charge in [-0.25, -0.2) is 8.42 Å². The van der Waals surface area contributed by atoms with Gasteiger partial charge in [-0.3, -0.25) is 4.72 Å². The fraction of sp³-hybridized carbons (Fsp3) is 0.263. The molecule has 142 valence electrons. The molecule has 0 fully saturated rings. The first kappa shape index (κ1) is 18.9. The van der Waals surface area contributed by atoms with Gasteiger partial charge >= 0.3 is 0 Å². The molecule has 0 unspecified atom stereocenters. The van der Waals surface area contributed by atoms with E-state index in [1.807, 2.05) is 13.8 Å². The molecular weight excluding hydrogens is 366 g/mol. The lowest BCUT2D eigenvalue weighted by molar-refractivity contribution is 0.342. The van der Waals surface area contributed by atoms with Gasteiger partial charge in [0.15, 0.2) is 0 Å². The monoisotopic (exact) mass is 387 g/mol. The zero-order valence-electron chi connectivity index (χ0n) is 15.4. The number of hydrogen-bond acceptors (Lipinski definition) is 6.